The van der Waals surface area contributed by atoms with E-state index in [1.54, 1.807) is 30.3 Å². The largest absolute Gasteiger partial charge is 0.454 e. The molecule has 4 rings (SSSR count). The van der Waals surface area contributed by atoms with Crippen molar-refractivity contribution in [2.75, 3.05) is 18.1 Å². The zero-order valence-electron chi connectivity index (χ0n) is 16.9. The quantitative estimate of drug-likeness (QED) is 0.447. The van der Waals surface area contributed by atoms with Crippen LogP contribution in [0.3, 0.4) is 0 Å². The molecule has 0 bridgehead atoms. The summed E-state index contributed by atoms with van der Waals surface area (Å²) >= 11 is 6.70. The van der Waals surface area contributed by atoms with Crippen LogP contribution in [0, 0.1) is 0 Å². The number of nitrogens with one attached hydrogen (secondary N) is 2. The number of esters is 1. The highest BCUT2D eigenvalue weighted by molar-refractivity contribution is 7.94. The highest BCUT2D eigenvalue weighted by Crippen LogP contribution is 2.32. The fraction of sp³-hybridized carbons (Fsp3) is 0.143. The molecular formula is C21H17ClN2O7S2. The Balaban J connectivity index is 1.34. The van der Waals surface area contributed by atoms with E-state index >= 15 is 0 Å². The van der Waals surface area contributed by atoms with Crippen LogP contribution in [0.2, 0.25) is 4.34 Å². The normalized spacial score (nSPS) is 12.3. The molecule has 1 aliphatic heterocycles. The van der Waals surface area contributed by atoms with Crippen molar-refractivity contribution < 1.29 is 32.2 Å². The maximum Gasteiger partial charge on any atom is 0.340 e. The van der Waals surface area contributed by atoms with E-state index < -0.39 is 28.5 Å². The van der Waals surface area contributed by atoms with E-state index in [0.29, 0.717) is 15.8 Å². The van der Waals surface area contributed by atoms with E-state index in [2.05, 4.69) is 10.0 Å². The number of halogens is 1. The third-order valence-corrected chi connectivity index (χ3v) is 7.55. The number of hydrogen-bond donors (Lipinski definition) is 2. The fourth-order valence-electron chi connectivity index (χ4n) is 2.90. The van der Waals surface area contributed by atoms with Gasteiger partial charge < -0.3 is 19.5 Å². The van der Waals surface area contributed by atoms with Gasteiger partial charge in [0.05, 0.1) is 15.6 Å². The molecule has 3 aromatic rings. The maximum absolute atomic E-state index is 12.6. The van der Waals surface area contributed by atoms with Gasteiger partial charge >= 0.3 is 5.97 Å². The molecule has 0 saturated carbocycles. The molecular weight excluding hydrogens is 492 g/mol. The molecule has 0 aliphatic carbocycles. The van der Waals surface area contributed by atoms with Crippen LogP contribution in [0.15, 0.2) is 58.8 Å². The van der Waals surface area contributed by atoms with Gasteiger partial charge in [0.1, 0.15) is 4.21 Å². The van der Waals surface area contributed by atoms with Gasteiger partial charge in [-0.25, -0.2) is 13.2 Å². The fourth-order valence-corrected chi connectivity index (χ4v) is 5.46. The number of carbonyl (C=O) groups excluding carboxylic acids is 2. The van der Waals surface area contributed by atoms with Crippen molar-refractivity contribution in [3.63, 3.8) is 0 Å². The lowest BCUT2D eigenvalue weighted by molar-refractivity contribution is -0.124. The van der Waals surface area contributed by atoms with Crippen LogP contribution in [-0.4, -0.2) is 33.7 Å². The highest BCUT2D eigenvalue weighted by atomic mass is 35.5. The first-order valence-electron chi connectivity index (χ1n) is 9.51. The van der Waals surface area contributed by atoms with Crippen LogP contribution >= 0.6 is 22.9 Å². The number of para-hydroxylation sites is 1. The average Bonchev–Trinajstić information content (AvgIpc) is 3.45. The van der Waals surface area contributed by atoms with Crippen LogP contribution < -0.4 is 19.5 Å². The number of hydrogen-bond acceptors (Lipinski definition) is 8. The summed E-state index contributed by atoms with van der Waals surface area (Å²) in [5, 5.41) is 2.64. The van der Waals surface area contributed by atoms with Gasteiger partial charge in [-0.3, -0.25) is 9.52 Å². The van der Waals surface area contributed by atoms with E-state index in [1.165, 1.54) is 24.3 Å². The Morgan fingerprint density at radius 1 is 1.06 bits per heavy atom. The van der Waals surface area contributed by atoms with Gasteiger partial charge in [-0.05, 0) is 42.0 Å². The third-order valence-electron chi connectivity index (χ3n) is 4.47. The predicted molar refractivity (Wildman–Crippen MR) is 121 cm³/mol. The SMILES string of the molecule is O=C(COC(=O)c1ccccc1NS(=O)(=O)c1ccc(Cl)s1)NCc1ccc2c(c1)OCO2. The van der Waals surface area contributed by atoms with Gasteiger partial charge in [0, 0.05) is 6.54 Å². The van der Waals surface area contributed by atoms with Gasteiger partial charge in [-0.2, -0.15) is 0 Å². The molecule has 0 saturated heterocycles. The first-order valence-corrected chi connectivity index (χ1v) is 12.2. The number of ether oxygens (including phenoxy) is 3. The molecule has 1 aromatic heterocycles. The highest BCUT2D eigenvalue weighted by Gasteiger charge is 2.21. The van der Waals surface area contributed by atoms with Crippen molar-refractivity contribution >= 4 is 50.5 Å². The number of anilines is 1. The van der Waals surface area contributed by atoms with E-state index in [0.717, 1.165) is 16.9 Å². The topological polar surface area (TPSA) is 120 Å². The Kier molecular flexibility index (Phi) is 6.72. The minimum atomic E-state index is -3.95. The van der Waals surface area contributed by atoms with Crippen molar-refractivity contribution in [1.82, 2.24) is 5.32 Å². The summed E-state index contributed by atoms with van der Waals surface area (Å²) in [4.78, 5) is 24.6. The Morgan fingerprint density at radius 3 is 2.64 bits per heavy atom. The first-order chi connectivity index (χ1) is 15.8. The monoisotopic (exact) mass is 508 g/mol. The Labute approximate surface area is 198 Å². The number of thiophene rings is 1. The van der Waals surface area contributed by atoms with Crippen LogP contribution in [0.25, 0.3) is 0 Å². The van der Waals surface area contributed by atoms with Crippen molar-refractivity contribution in [2.24, 2.45) is 0 Å². The van der Waals surface area contributed by atoms with Crippen molar-refractivity contribution in [2.45, 2.75) is 10.8 Å². The van der Waals surface area contributed by atoms with Crippen molar-refractivity contribution in [3.05, 3.63) is 70.1 Å². The second kappa shape index (κ2) is 9.69. The van der Waals surface area contributed by atoms with Gasteiger partial charge in [0.2, 0.25) is 6.79 Å². The second-order valence-corrected chi connectivity index (χ2v) is 10.4. The summed E-state index contributed by atoms with van der Waals surface area (Å²) in [6.45, 7) is -0.183. The molecule has 0 unspecified atom stereocenters. The van der Waals surface area contributed by atoms with Crippen LogP contribution in [0.1, 0.15) is 15.9 Å². The van der Waals surface area contributed by atoms with Crippen molar-refractivity contribution in [1.29, 1.82) is 0 Å². The van der Waals surface area contributed by atoms with Crippen molar-refractivity contribution in [3.8, 4) is 11.5 Å². The number of carbonyl (C=O) groups is 2. The Morgan fingerprint density at radius 2 is 1.85 bits per heavy atom. The Bertz CT molecular complexity index is 1310. The summed E-state index contributed by atoms with van der Waals surface area (Å²) in [5.41, 5.74) is 0.771. The zero-order chi connectivity index (χ0) is 23.4. The molecule has 2 N–H and O–H groups in total. The summed E-state index contributed by atoms with van der Waals surface area (Å²) in [7, 11) is -3.95. The molecule has 0 atom stereocenters. The summed E-state index contributed by atoms with van der Waals surface area (Å²) < 4.78 is 43.4. The van der Waals surface area contributed by atoms with E-state index in [-0.39, 0.29) is 28.8 Å². The van der Waals surface area contributed by atoms with Crippen LogP contribution in [0.5, 0.6) is 11.5 Å². The second-order valence-electron chi connectivity index (χ2n) is 6.75. The lowest BCUT2D eigenvalue weighted by atomic mass is 10.2. The number of benzene rings is 2. The molecule has 33 heavy (non-hydrogen) atoms. The molecule has 0 radical (unpaired) electrons. The minimum Gasteiger partial charge on any atom is -0.454 e. The zero-order valence-corrected chi connectivity index (χ0v) is 19.3. The number of rotatable bonds is 8. The third kappa shape index (κ3) is 5.56. The molecule has 2 aromatic carbocycles. The Hall–Kier alpha value is -3.28. The number of amides is 1. The number of sulfonamides is 1. The van der Waals surface area contributed by atoms with Gasteiger partial charge in [-0.1, -0.05) is 29.8 Å². The average molecular weight is 509 g/mol. The molecule has 12 heteroatoms. The summed E-state index contributed by atoms with van der Waals surface area (Å²) in [5.74, 6) is -0.143. The summed E-state index contributed by atoms with van der Waals surface area (Å²) in [6, 6.07) is 14.0. The molecule has 9 nitrogen and oxygen atoms in total. The molecule has 1 amide bonds. The lowest BCUT2D eigenvalue weighted by Crippen LogP contribution is -2.28. The van der Waals surface area contributed by atoms with E-state index in [4.69, 9.17) is 25.8 Å². The molecule has 0 spiro atoms. The first kappa shape index (κ1) is 22.9. The van der Waals surface area contributed by atoms with Crippen LogP contribution in [0.4, 0.5) is 5.69 Å². The standard InChI is InChI=1S/C21H17ClN2O7S2/c22-18-7-8-20(32-18)33(27,28)24-15-4-2-1-3-14(15)21(26)29-11-19(25)23-10-13-5-6-16-17(9-13)31-12-30-16/h1-9,24H,10-12H2,(H,23,25). The minimum absolute atomic E-state index is 0.00133. The lowest BCUT2D eigenvalue weighted by Gasteiger charge is -2.12. The predicted octanol–water partition coefficient (Wildman–Crippen LogP) is 3.40. The van der Waals surface area contributed by atoms with Crippen LogP contribution in [-0.2, 0) is 26.1 Å². The van der Waals surface area contributed by atoms with E-state index in [1.807, 2.05) is 0 Å². The smallest absolute Gasteiger partial charge is 0.340 e. The molecule has 1 aliphatic rings. The van der Waals surface area contributed by atoms with Gasteiger partial charge in [-0.15, -0.1) is 11.3 Å². The van der Waals surface area contributed by atoms with Gasteiger partial charge in [0.15, 0.2) is 18.1 Å². The summed E-state index contributed by atoms with van der Waals surface area (Å²) in [6.07, 6.45) is 0. The van der Waals surface area contributed by atoms with Gasteiger partial charge in [0.25, 0.3) is 15.9 Å². The molecule has 2 heterocycles. The molecule has 0 fully saturated rings. The molecule has 172 valence electrons. The maximum atomic E-state index is 12.6. The van der Waals surface area contributed by atoms with E-state index in [9.17, 15) is 18.0 Å². The number of fused-ring (bicyclic) bond motifs is 1.